The molecule has 0 fully saturated rings. The third-order valence-corrected chi connectivity index (χ3v) is 5.91. The molecule has 0 saturated heterocycles. The maximum absolute atomic E-state index is 6.08. The zero-order valence-electron chi connectivity index (χ0n) is 26.0. The molecule has 0 amide bonds. The topological polar surface area (TPSA) is 36.9 Å². The molecule has 0 bridgehead atoms. The summed E-state index contributed by atoms with van der Waals surface area (Å²) < 4.78 is 23.4. The van der Waals surface area contributed by atoms with Crippen molar-refractivity contribution in [2.24, 2.45) is 10.8 Å². The first kappa shape index (κ1) is 33.1. The summed E-state index contributed by atoms with van der Waals surface area (Å²) in [6.45, 7) is 26.3. The fraction of sp³-hybridized carbons (Fsp3) is 0.529. The Morgan fingerprint density at radius 1 is 0.500 bits per heavy atom. The summed E-state index contributed by atoms with van der Waals surface area (Å²) in [5.41, 5.74) is 0.205. The first-order chi connectivity index (χ1) is 18.1. The van der Waals surface area contributed by atoms with E-state index in [0.717, 1.165) is 23.0 Å². The molecule has 2 aliphatic rings. The van der Waals surface area contributed by atoms with E-state index >= 15 is 0 Å². The Kier molecular flexibility index (Phi) is 13.5. The first-order valence-corrected chi connectivity index (χ1v) is 14.3. The molecule has 4 heteroatoms. The molecule has 38 heavy (non-hydrogen) atoms. The minimum absolute atomic E-state index is 0.0866. The van der Waals surface area contributed by atoms with Crippen molar-refractivity contribution in [2.45, 2.75) is 95.3 Å². The Bertz CT molecular complexity index is 1080. The van der Waals surface area contributed by atoms with Crippen LogP contribution in [0.2, 0.25) is 0 Å². The van der Waals surface area contributed by atoms with Crippen molar-refractivity contribution < 1.29 is 18.9 Å². The van der Waals surface area contributed by atoms with Crippen LogP contribution in [0.1, 0.15) is 83.1 Å². The lowest BCUT2D eigenvalue weighted by atomic mass is 9.89. The molecule has 0 saturated carbocycles. The van der Waals surface area contributed by atoms with Crippen LogP contribution in [0.4, 0.5) is 0 Å². The van der Waals surface area contributed by atoms with E-state index in [0.29, 0.717) is 13.2 Å². The van der Waals surface area contributed by atoms with E-state index in [-0.39, 0.29) is 23.0 Å². The fourth-order valence-corrected chi connectivity index (χ4v) is 3.63. The highest BCUT2D eigenvalue weighted by molar-refractivity contribution is 5.86. The van der Waals surface area contributed by atoms with Crippen LogP contribution in [0.3, 0.4) is 0 Å². The predicted molar refractivity (Wildman–Crippen MR) is 163 cm³/mol. The van der Waals surface area contributed by atoms with Gasteiger partial charge in [-0.2, -0.15) is 0 Å². The van der Waals surface area contributed by atoms with Crippen LogP contribution >= 0.6 is 0 Å². The van der Waals surface area contributed by atoms with Gasteiger partial charge in [-0.15, -0.1) is 0 Å². The maximum atomic E-state index is 6.08. The van der Waals surface area contributed by atoms with Crippen LogP contribution in [0.25, 0.3) is 10.8 Å². The van der Waals surface area contributed by atoms with Crippen molar-refractivity contribution in [3.63, 3.8) is 0 Å². The van der Waals surface area contributed by atoms with E-state index in [2.05, 4.69) is 65.8 Å². The monoisotopic (exact) mass is 524 g/mol. The average molecular weight is 525 g/mol. The van der Waals surface area contributed by atoms with Crippen LogP contribution in [0.5, 0.6) is 23.0 Å². The highest BCUT2D eigenvalue weighted by Gasteiger charge is 2.32. The van der Waals surface area contributed by atoms with E-state index < -0.39 is 0 Å². The lowest BCUT2D eigenvalue weighted by Gasteiger charge is -2.35. The van der Waals surface area contributed by atoms with Crippen molar-refractivity contribution >= 4 is 10.8 Å². The Labute approximate surface area is 232 Å². The van der Waals surface area contributed by atoms with E-state index in [4.69, 9.17) is 18.9 Å². The highest BCUT2D eigenvalue weighted by atomic mass is 16.6. The van der Waals surface area contributed by atoms with Crippen LogP contribution in [-0.2, 0) is 0 Å². The van der Waals surface area contributed by atoms with E-state index in [1.165, 1.54) is 10.8 Å². The number of benzene rings is 3. The van der Waals surface area contributed by atoms with Crippen LogP contribution in [0.15, 0.2) is 60.7 Å². The minimum Gasteiger partial charge on any atom is -0.486 e. The van der Waals surface area contributed by atoms with Gasteiger partial charge in [0.1, 0.15) is 25.4 Å². The zero-order valence-corrected chi connectivity index (χ0v) is 26.0. The van der Waals surface area contributed by atoms with E-state index in [9.17, 15) is 0 Å². The quantitative estimate of drug-likeness (QED) is 0.293. The number of hydrogen-bond acceptors (Lipinski definition) is 4. The molecule has 3 aromatic rings. The van der Waals surface area contributed by atoms with E-state index in [1.54, 1.807) is 0 Å². The first-order valence-electron chi connectivity index (χ1n) is 14.3. The second-order valence-corrected chi connectivity index (χ2v) is 10.7. The molecule has 4 nitrogen and oxygen atoms in total. The number of ether oxygens (including phenoxy) is 4. The van der Waals surface area contributed by atoms with Crippen molar-refractivity contribution in [2.75, 3.05) is 13.2 Å². The fourth-order valence-electron chi connectivity index (χ4n) is 3.63. The van der Waals surface area contributed by atoms with Gasteiger partial charge in [-0.25, -0.2) is 0 Å². The van der Waals surface area contributed by atoms with Crippen LogP contribution in [-0.4, -0.2) is 25.4 Å². The molecule has 0 aliphatic carbocycles. The molecular weight excluding hydrogens is 472 g/mol. The summed E-state index contributed by atoms with van der Waals surface area (Å²) in [5, 5.41) is 2.38. The molecule has 2 heterocycles. The third-order valence-electron chi connectivity index (χ3n) is 5.91. The minimum atomic E-state index is 0.0866. The van der Waals surface area contributed by atoms with Gasteiger partial charge >= 0.3 is 0 Å². The summed E-state index contributed by atoms with van der Waals surface area (Å²) >= 11 is 0. The van der Waals surface area contributed by atoms with Gasteiger partial charge in [0.15, 0.2) is 23.0 Å². The Hall–Kier alpha value is -2.88. The Balaban J connectivity index is 0.000000325. The van der Waals surface area contributed by atoms with Crippen molar-refractivity contribution in [1.29, 1.82) is 0 Å². The summed E-state index contributed by atoms with van der Waals surface area (Å²) in [7, 11) is 0. The molecule has 0 aromatic heterocycles. The Morgan fingerprint density at radius 3 is 1.34 bits per heavy atom. The molecule has 0 N–H and O–H groups in total. The molecule has 2 aliphatic heterocycles. The summed E-state index contributed by atoms with van der Waals surface area (Å²) in [5.74, 6) is 3.43. The maximum Gasteiger partial charge on any atom is 0.162 e. The lowest BCUT2D eigenvalue weighted by molar-refractivity contribution is 0.0163. The number of hydrogen-bond donors (Lipinski definition) is 0. The average Bonchev–Trinajstić information content (AvgIpc) is 2.94. The number of para-hydroxylation sites is 2. The van der Waals surface area contributed by atoms with Gasteiger partial charge in [0.2, 0.25) is 0 Å². The summed E-state index contributed by atoms with van der Waals surface area (Å²) in [6, 6.07) is 20.2. The second-order valence-electron chi connectivity index (χ2n) is 10.7. The molecule has 0 radical (unpaired) electrons. The third kappa shape index (κ3) is 9.15. The number of fused-ring (bicyclic) bond motifs is 3. The van der Waals surface area contributed by atoms with Gasteiger partial charge < -0.3 is 18.9 Å². The predicted octanol–water partition coefficient (Wildman–Crippen LogP) is 9.98. The summed E-state index contributed by atoms with van der Waals surface area (Å²) in [4.78, 5) is 0. The standard InChI is InChI=1S/C16H18O2.C12H16O2.3C2H6/c1-16(2,3)15-10-17-13-8-11-6-4-5-7-12(11)9-14(13)18-15;1-12(2,3)11-8-13-9-6-4-5-7-10(9)14-11;3*1-2/h4-9,15H,10H2,1-3H3;4-7,11H,8H2,1-3H3;3*1-2H3. The second kappa shape index (κ2) is 15.5. The SMILES string of the molecule is CC.CC.CC.CC(C)(C)C1COc2cc3ccccc3cc2O1.CC(C)(C)C1COc2ccccc2O1. The van der Waals surface area contributed by atoms with Crippen molar-refractivity contribution in [3.05, 3.63) is 60.7 Å². The normalized spacial score (nSPS) is 17.1. The molecule has 5 rings (SSSR count). The molecule has 2 unspecified atom stereocenters. The van der Waals surface area contributed by atoms with Crippen molar-refractivity contribution in [1.82, 2.24) is 0 Å². The molecular formula is C34H52O4. The smallest absolute Gasteiger partial charge is 0.162 e. The van der Waals surface area contributed by atoms with Gasteiger partial charge in [-0.3, -0.25) is 0 Å². The molecule has 0 spiro atoms. The molecule has 3 aromatic carbocycles. The van der Waals surface area contributed by atoms with Crippen molar-refractivity contribution in [3.8, 4) is 23.0 Å². The highest BCUT2D eigenvalue weighted by Crippen LogP contribution is 2.39. The van der Waals surface area contributed by atoms with E-state index in [1.807, 2.05) is 77.9 Å². The van der Waals surface area contributed by atoms with Gasteiger partial charge in [0, 0.05) is 10.8 Å². The van der Waals surface area contributed by atoms with Gasteiger partial charge in [-0.05, 0) is 35.0 Å². The molecule has 2 atom stereocenters. The van der Waals surface area contributed by atoms with Crippen LogP contribution < -0.4 is 18.9 Å². The Morgan fingerprint density at radius 2 is 0.868 bits per heavy atom. The molecule has 212 valence electrons. The van der Waals surface area contributed by atoms with Crippen LogP contribution in [0, 0.1) is 10.8 Å². The van der Waals surface area contributed by atoms with Gasteiger partial charge in [0.05, 0.1) is 0 Å². The lowest BCUT2D eigenvalue weighted by Crippen LogP contribution is -2.39. The zero-order chi connectivity index (χ0) is 28.9. The largest absolute Gasteiger partial charge is 0.486 e. The number of rotatable bonds is 0. The van der Waals surface area contributed by atoms with Gasteiger partial charge in [-0.1, -0.05) is 119 Å². The summed E-state index contributed by atoms with van der Waals surface area (Å²) in [6.07, 6.45) is 0.239. The van der Waals surface area contributed by atoms with Gasteiger partial charge in [0.25, 0.3) is 0 Å².